The molecule has 0 atom stereocenters. The van der Waals surface area contributed by atoms with Gasteiger partial charge in [-0.25, -0.2) is 0 Å². The van der Waals surface area contributed by atoms with Crippen molar-refractivity contribution >= 4 is 6.29 Å². The number of carbonyl (C=O) groups excluding carboxylic acids is 1. The summed E-state index contributed by atoms with van der Waals surface area (Å²) in [6.07, 6.45) is 10.5. The summed E-state index contributed by atoms with van der Waals surface area (Å²) >= 11 is 0. The average Bonchev–Trinajstić information content (AvgIpc) is 2.52. The normalized spacial score (nSPS) is 22.1. The summed E-state index contributed by atoms with van der Waals surface area (Å²) in [6, 6.07) is 10.3. The number of aldehydes is 1. The molecule has 20 heavy (non-hydrogen) atoms. The molecule has 2 nitrogen and oxygen atoms in total. The Morgan fingerprint density at radius 1 is 1.10 bits per heavy atom. The lowest BCUT2D eigenvalue weighted by atomic mass is 9.77. The molecule has 106 valence electrons. The van der Waals surface area contributed by atoms with Gasteiger partial charge in [0, 0.05) is 6.42 Å². The van der Waals surface area contributed by atoms with Crippen LogP contribution in [0.4, 0.5) is 0 Å². The number of carbonyl (C=O) groups is 1. The zero-order valence-corrected chi connectivity index (χ0v) is 12.1. The summed E-state index contributed by atoms with van der Waals surface area (Å²) in [5, 5.41) is 8.82. The minimum Gasteiger partial charge on any atom is -0.303 e. The highest BCUT2D eigenvalue weighted by Crippen LogP contribution is 2.37. The van der Waals surface area contributed by atoms with Crippen LogP contribution >= 0.6 is 0 Å². The number of hydrogen-bond acceptors (Lipinski definition) is 2. The minimum atomic E-state index is 0.675. The first-order valence-electron chi connectivity index (χ1n) is 7.77. The van der Waals surface area contributed by atoms with Gasteiger partial charge in [0.1, 0.15) is 6.29 Å². The summed E-state index contributed by atoms with van der Waals surface area (Å²) in [7, 11) is 0. The van der Waals surface area contributed by atoms with Gasteiger partial charge in [0.25, 0.3) is 0 Å². The van der Waals surface area contributed by atoms with Gasteiger partial charge in [-0.2, -0.15) is 5.26 Å². The molecule has 0 bridgehead atoms. The first-order valence-corrected chi connectivity index (χ1v) is 7.77. The number of unbranched alkanes of at least 4 members (excludes halogenated alkanes) is 2. The SMILES string of the molecule is N#Cc1ccc(C2CCC(CCCCC=O)CC2)cc1. The molecular formula is C18H23NO. The standard InChI is InChI=1S/C18H23NO/c19-14-16-7-11-18(12-8-16)17-9-5-15(6-10-17)4-2-1-3-13-20/h7-8,11-13,15,17H,1-6,9-10H2. The Balaban J connectivity index is 1.76. The molecule has 0 saturated heterocycles. The van der Waals surface area contributed by atoms with Crippen LogP contribution < -0.4 is 0 Å². The summed E-state index contributed by atoms with van der Waals surface area (Å²) in [6.45, 7) is 0. The maximum absolute atomic E-state index is 10.3. The summed E-state index contributed by atoms with van der Waals surface area (Å²) < 4.78 is 0. The van der Waals surface area contributed by atoms with Crippen LogP contribution in [0.1, 0.15) is 68.4 Å². The molecule has 2 rings (SSSR count). The van der Waals surface area contributed by atoms with Crippen LogP contribution in [0.15, 0.2) is 24.3 Å². The number of nitrogens with zero attached hydrogens (tertiary/aromatic N) is 1. The predicted octanol–water partition coefficient (Wildman–Crippen LogP) is 4.59. The third kappa shape index (κ3) is 4.20. The second kappa shape index (κ2) is 7.85. The number of benzene rings is 1. The molecule has 0 aromatic heterocycles. The Hall–Kier alpha value is -1.62. The fraction of sp³-hybridized carbons (Fsp3) is 0.556. The van der Waals surface area contributed by atoms with Gasteiger partial charge >= 0.3 is 0 Å². The average molecular weight is 269 g/mol. The van der Waals surface area contributed by atoms with E-state index in [1.165, 1.54) is 44.1 Å². The third-order valence-corrected chi connectivity index (χ3v) is 4.54. The molecule has 0 unspecified atom stereocenters. The van der Waals surface area contributed by atoms with Crippen LogP contribution in [0.3, 0.4) is 0 Å². The van der Waals surface area contributed by atoms with E-state index in [1.807, 2.05) is 12.1 Å². The molecule has 0 N–H and O–H groups in total. The van der Waals surface area contributed by atoms with Gasteiger partial charge in [0.05, 0.1) is 11.6 Å². The smallest absolute Gasteiger partial charge is 0.119 e. The molecule has 1 fully saturated rings. The summed E-state index contributed by atoms with van der Waals surface area (Å²) in [4.78, 5) is 10.3. The van der Waals surface area contributed by atoms with E-state index in [9.17, 15) is 4.79 Å². The van der Waals surface area contributed by atoms with Gasteiger partial charge < -0.3 is 4.79 Å². The molecule has 0 radical (unpaired) electrons. The quantitative estimate of drug-likeness (QED) is 0.559. The predicted molar refractivity (Wildman–Crippen MR) is 80.4 cm³/mol. The summed E-state index contributed by atoms with van der Waals surface area (Å²) in [5.41, 5.74) is 2.14. The minimum absolute atomic E-state index is 0.675. The van der Waals surface area contributed by atoms with E-state index < -0.39 is 0 Å². The van der Waals surface area contributed by atoms with Crippen molar-refractivity contribution in [1.82, 2.24) is 0 Å². The Bertz CT molecular complexity index is 449. The molecule has 2 heteroatoms. The molecule has 0 heterocycles. The lowest BCUT2D eigenvalue weighted by Crippen LogP contribution is -2.13. The van der Waals surface area contributed by atoms with Gasteiger partial charge in [0.15, 0.2) is 0 Å². The lowest BCUT2D eigenvalue weighted by molar-refractivity contribution is -0.107. The van der Waals surface area contributed by atoms with E-state index >= 15 is 0 Å². The Kier molecular flexibility index (Phi) is 5.80. The molecule has 0 amide bonds. The molecule has 0 aliphatic heterocycles. The van der Waals surface area contributed by atoms with E-state index in [4.69, 9.17) is 5.26 Å². The van der Waals surface area contributed by atoms with Crippen LogP contribution in [0.5, 0.6) is 0 Å². The van der Waals surface area contributed by atoms with Crippen molar-refractivity contribution in [3.05, 3.63) is 35.4 Å². The van der Waals surface area contributed by atoms with E-state index in [1.54, 1.807) is 0 Å². The second-order valence-corrected chi connectivity index (χ2v) is 5.90. The maximum atomic E-state index is 10.3. The van der Waals surface area contributed by atoms with Gasteiger partial charge in [-0.3, -0.25) is 0 Å². The van der Waals surface area contributed by atoms with Crippen molar-refractivity contribution in [3.8, 4) is 6.07 Å². The Morgan fingerprint density at radius 2 is 1.80 bits per heavy atom. The van der Waals surface area contributed by atoms with Gasteiger partial charge in [-0.1, -0.05) is 25.0 Å². The highest BCUT2D eigenvalue weighted by atomic mass is 16.1. The topological polar surface area (TPSA) is 40.9 Å². The van der Waals surface area contributed by atoms with Crippen LogP contribution in [0.2, 0.25) is 0 Å². The largest absolute Gasteiger partial charge is 0.303 e. The van der Waals surface area contributed by atoms with Crippen molar-refractivity contribution < 1.29 is 4.79 Å². The first-order chi connectivity index (χ1) is 9.83. The van der Waals surface area contributed by atoms with Crippen molar-refractivity contribution in [2.45, 2.75) is 57.3 Å². The van der Waals surface area contributed by atoms with Gasteiger partial charge in [-0.05, 0) is 61.6 Å². The van der Waals surface area contributed by atoms with Crippen molar-refractivity contribution in [1.29, 1.82) is 5.26 Å². The number of rotatable bonds is 6. The molecule has 1 aliphatic carbocycles. The van der Waals surface area contributed by atoms with Gasteiger partial charge in [0.2, 0.25) is 0 Å². The van der Waals surface area contributed by atoms with E-state index in [0.29, 0.717) is 5.92 Å². The van der Waals surface area contributed by atoms with Crippen molar-refractivity contribution in [2.75, 3.05) is 0 Å². The van der Waals surface area contributed by atoms with Crippen LogP contribution in [-0.2, 0) is 4.79 Å². The third-order valence-electron chi connectivity index (χ3n) is 4.54. The van der Waals surface area contributed by atoms with Crippen molar-refractivity contribution in [3.63, 3.8) is 0 Å². The van der Waals surface area contributed by atoms with Crippen LogP contribution in [-0.4, -0.2) is 6.29 Å². The zero-order valence-electron chi connectivity index (χ0n) is 12.1. The molecule has 1 saturated carbocycles. The van der Waals surface area contributed by atoms with Crippen LogP contribution in [0.25, 0.3) is 0 Å². The molecular weight excluding hydrogens is 246 g/mol. The highest BCUT2D eigenvalue weighted by Gasteiger charge is 2.21. The maximum Gasteiger partial charge on any atom is 0.119 e. The fourth-order valence-corrected chi connectivity index (χ4v) is 3.27. The Labute approximate surface area is 121 Å². The van der Waals surface area contributed by atoms with Crippen molar-refractivity contribution in [2.24, 2.45) is 5.92 Å². The highest BCUT2D eigenvalue weighted by molar-refractivity contribution is 5.48. The summed E-state index contributed by atoms with van der Waals surface area (Å²) in [5.74, 6) is 1.53. The first kappa shape index (κ1) is 14.8. The second-order valence-electron chi connectivity index (χ2n) is 5.90. The van der Waals surface area contributed by atoms with Gasteiger partial charge in [-0.15, -0.1) is 0 Å². The number of hydrogen-bond donors (Lipinski definition) is 0. The molecule has 1 aliphatic rings. The van der Waals surface area contributed by atoms with E-state index in [-0.39, 0.29) is 0 Å². The van der Waals surface area contributed by atoms with E-state index in [0.717, 1.165) is 30.6 Å². The molecule has 1 aromatic rings. The fourth-order valence-electron chi connectivity index (χ4n) is 3.27. The Morgan fingerprint density at radius 3 is 2.40 bits per heavy atom. The zero-order chi connectivity index (χ0) is 14.2. The monoisotopic (exact) mass is 269 g/mol. The molecule has 0 spiro atoms. The van der Waals surface area contributed by atoms with E-state index in [2.05, 4.69) is 18.2 Å². The number of nitriles is 1. The molecule has 1 aromatic carbocycles. The van der Waals surface area contributed by atoms with Crippen LogP contribution in [0, 0.1) is 17.2 Å². The lowest BCUT2D eigenvalue weighted by Gasteiger charge is -2.28.